The number of hydrogen-bond acceptors (Lipinski definition) is 2. The molecule has 0 radical (unpaired) electrons. The molecule has 0 aliphatic heterocycles. The molecule has 2 rings (SSSR count). The fourth-order valence-corrected chi connectivity index (χ4v) is 1.94. The van der Waals surface area contributed by atoms with Crippen molar-refractivity contribution >= 4 is 11.6 Å². The Balaban J connectivity index is 2.30. The highest BCUT2D eigenvalue weighted by molar-refractivity contribution is 6.05. The van der Waals surface area contributed by atoms with Gasteiger partial charge in [-0.3, -0.25) is 4.79 Å². The van der Waals surface area contributed by atoms with Crippen molar-refractivity contribution in [2.45, 2.75) is 19.5 Å². The number of ether oxygens (including phenoxy) is 1. The SMILES string of the molecule is CCCOc1ccc(C(F)(F)F)cc1NC(=O)c1ccc(F)cc1. The molecule has 128 valence electrons. The van der Waals surface area contributed by atoms with Gasteiger partial charge in [0.05, 0.1) is 17.9 Å². The number of alkyl halides is 3. The van der Waals surface area contributed by atoms with Gasteiger partial charge in [-0.2, -0.15) is 13.2 Å². The van der Waals surface area contributed by atoms with Crippen LogP contribution in [0.5, 0.6) is 5.75 Å². The van der Waals surface area contributed by atoms with Crippen molar-refractivity contribution in [3.63, 3.8) is 0 Å². The second-order valence-electron chi connectivity index (χ2n) is 5.02. The first-order chi connectivity index (χ1) is 11.3. The highest BCUT2D eigenvalue weighted by Gasteiger charge is 2.31. The first kappa shape index (κ1) is 17.8. The molecule has 0 bridgehead atoms. The zero-order valence-corrected chi connectivity index (χ0v) is 12.8. The molecule has 0 heterocycles. The number of benzene rings is 2. The summed E-state index contributed by atoms with van der Waals surface area (Å²) in [6.07, 6.45) is -3.88. The van der Waals surface area contributed by atoms with Crippen LogP contribution in [0, 0.1) is 5.82 Å². The average Bonchev–Trinajstić information content (AvgIpc) is 2.53. The van der Waals surface area contributed by atoms with Gasteiger partial charge < -0.3 is 10.1 Å². The summed E-state index contributed by atoms with van der Waals surface area (Å²) < 4.78 is 56.8. The predicted octanol–water partition coefficient (Wildman–Crippen LogP) is 4.89. The number of nitrogens with one attached hydrogen (secondary N) is 1. The second-order valence-corrected chi connectivity index (χ2v) is 5.02. The van der Waals surface area contributed by atoms with E-state index >= 15 is 0 Å². The topological polar surface area (TPSA) is 38.3 Å². The van der Waals surface area contributed by atoms with Crippen LogP contribution in [0.3, 0.4) is 0 Å². The van der Waals surface area contributed by atoms with Gasteiger partial charge in [0, 0.05) is 5.56 Å². The smallest absolute Gasteiger partial charge is 0.416 e. The normalized spacial score (nSPS) is 11.2. The first-order valence-electron chi connectivity index (χ1n) is 7.22. The summed E-state index contributed by atoms with van der Waals surface area (Å²) in [5, 5.41) is 2.38. The standard InChI is InChI=1S/C17H15F4NO2/c1-2-9-24-15-8-5-12(17(19,20)21)10-14(15)22-16(23)11-3-6-13(18)7-4-11/h3-8,10H,2,9H2,1H3,(H,22,23). The second kappa shape index (κ2) is 7.33. The van der Waals surface area contributed by atoms with Crippen LogP contribution in [-0.2, 0) is 6.18 Å². The maximum atomic E-state index is 12.9. The molecule has 0 saturated heterocycles. The number of hydrogen-bond donors (Lipinski definition) is 1. The van der Waals surface area contributed by atoms with Crippen LogP contribution in [-0.4, -0.2) is 12.5 Å². The van der Waals surface area contributed by atoms with E-state index in [1.165, 1.54) is 18.2 Å². The summed E-state index contributed by atoms with van der Waals surface area (Å²) >= 11 is 0. The van der Waals surface area contributed by atoms with Gasteiger partial charge in [0.1, 0.15) is 11.6 Å². The van der Waals surface area contributed by atoms with Crippen LogP contribution < -0.4 is 10.1 Å². The molecular formula is C17H15F4NO2. The van der Waals surface area contributed by atoms with E-state index < -0.39 is 23.5 Å². The van der Waals surface area contributed by atoms with Crippen LogP contribution in [0.2, 0.25) is 0 Å². The van der Waals surface area contributed by atoms with E-state index in [0.717, 1.165) is 24.3 Å². The van der Waals surface area contributed by atoms with Crippen molar-refractivity contribution in [1.29, 1.82) is 0 Å². The van der Waals surface area contributed by atoms with Crippen LogP contribution >= 0.6 is 0 Å². The molecule has 0 aromatic heterocycles. The number of amides is 1. The minimum absolute atomic E-state index is 0.0902. The molecule has 7 heteroatoms. The number of halogens is 4. The Labute approximate surface area is 136 Å². The Morgan fingerprint density at radius 3 is 2.38 bits per heavy atom. The van der Waals surface area contributed by atoms with E-state index in [1.807, 2.05) is 6.92 Å². The van der Waals surface area contributed by atoms with E-state index in [9.17, 15) is 22.4 Å². The lowest BCUT2D eigenvalue weighted by Gasteiger charge is -2.15. The molecule has 3 nitrogen and oxygen atoms in total. The van der Waals surface area contributed by atoms with Gasteiger partial charge in [0.25, 0.3) is 5.91 Å². The molecule has 2 aromatic carbocycles. The van der Waals surface area contributed by atoms with Crippen molar-refractivity contribution in [3.8, 4) is 5.75 Å². The van der Waals surface area contributed by atoms with Crippen molar-refractivity contribution in [3.05, 3.63) is 59.4 Å². The van der Waals surface area contributed by atoms with Gasteiger partial charge >= 0.3 is 6.18 Å². The number of anilines is 1. The predicted molar refractivity (Wildman–Crippen MR) is 81.6 cm³/mol. The summed E-state index contributed by atoms with van der Waals surface area (Å²) in [6.45, 7) is 2.14. The molecular weight excluding hydrogens is 326 g/mol. The largest absolute Gasteiger partial charge is 0.491 e. The van der Waals surface area contributed by atoms with Gasteiger partial charge in [0.15, 0.2) is 0 Å². The fourth-order valence-electron chi connectivity index (χ4n) is 1.94. The van der Waals surface area contributed by atoms with E-state index in [1.54, 1.807) is 0 Å². The molecule has 0 atom stereocenters. The Bertz CT molecular complexity index is 712. The lowest BCUT2D eigenvalue weighted by molar-refractivity contribution is -0.137. The highest BCUT2D eigenvalue weighted by atomic mass is 19.4. The van der Waals surface area contributed by atoms with Crippen molar-refractivity contribution in [1.82, 2.24) is 0 Å². The van der Waals surface area contributed by atoms with Gasteiger partial charge in [-0.1, -0.05) is 6.92 Å². The van der Waals surface area contributed by atoms with Gasteiger partial charge in [-0.25, -0.2) is 4.39 Å². The van der Waals surface area contributed by atoms with Crippen LogP contribution in [0.15, 0.2) is 42.5 Å². The molecule has 0 aliphatic carbocycles. The minimum atomic E-state index is -4.54. The van der Waals surface area contributed by atoms with Crippen LogP contribution in [0.1, 0.15) is 29.3 Å². The van der Waals surface area contributed by atoms with Crippen molar-refractivity contribution in [2.24, 2.45) is 0 Å². The third-order valence-electron chi connectivity index (χ3n) is 3.12. The zero-order valence-electron chi connectivity index (χ0n) is 12.8. The summed E-state index contributed by atoms with van der Waals surface area (Å²) in [5.41, 5.74) is -0.872. The fraction of sp³-hybridized carbons (Fsp3) is 0.235. The molecule has 2 aromatic rings. The van der Waals surface area contributed by atoms with Crippen LogP contribution in [0.4, 0.5) is 23.2 Å². The van der Waals surface area contributed by atoms with Gasteiger partial charge in [0.2, 0.25) is 0 Å². The molecule has 24 heavy (non-hydrogen) atoms. The maximum absolute atomic E-state index is 12.9. The highest BCUT2D eigenvalue weighted by Crippen LogP contribution is 2.35. The quantitative estimate of drug-likeness (QED) is 0.787. The minimum Gasteiger partial charge on any atom is -0.491 e. The van der Waals surface area contributed by atoms with E-state index in [-0.39, 0.29) is 17.0 Å². The summed E-state index contributed by atoms with van der Waals surface area (Å²) in [6, 6.07) is 7.53. The molecule has 0 spiro atoms. The molecule has 0 aliphatic rings. The Hall–Kier alpha value is -2.57. The molecule has 0 fully saturated rings. The Morgan fingerprint density at radius 2 is 1.79 bits per heavy atom. The van der Waals surface area contributed by atoms with Crippen molar-refractivity contribution < 1.29 is 27.1 Å². The molecule has 1 N–H and O–H groups in total. The van der Waals surface area contributed by atoms with Crippen molar-refractivity contribution in [2.75, 3.05) is 11.9 Å². The van der Waals surface area contributed by atoms with Crippen LogP contribution in [0.25, 0.3) is 0 Å². The van der Waals surface area contributed by atoms with E-state index in [2.05, 4.69) is 5.32 Å². The summed E-state index contributed by atoms with van der Waals surface area (Å²) in [5.74, 6) is -1.03. The third-order valence-corrected chi connectivity index (χ3v) is 3.12. The number of carbonyl (C=O) groups is 1. The summed E-state index contributed by atoms with van der Waals surface area (Å²) in [7, 11) is 0. The first-order valence-corrected chi connectivity index (χ1v) is 7.22. The van der Waals surface area contributed by atoms with Gasteiger partial charge in [-0.05, 0) is 48.9 Å². The summed E-state index contributed by atoms with van der Waals surface area (Å²) in [4.78, 5) is 12.1. The monoisotopic (exact) mass is 341 g/mol. The number of carbonyl (C=O) groups excluding carboxylic acids is 1. The molecule has 0 saturated carbocycles. The zero-order chi connectivity index (χ0) is 17.7. The van der Waals surface area contributed by atoms with E-state index in [4.69, 9.17) is 4.74 Å². The molecule has 0 unspecified atom stereocenters. The Kier molecular flexibility index (Phi) is 5.43. The molecule has 1 amide bonds. The maximum Gasteiger partial charge on any atom is 0.416 e. The van der Waals surface area contributed by atoms with E-state index in [0.29, 0.717) is 13.0 Å². The lowest BCUT2D eigenvalue weighted by Crippen LogP contribution is -2.14. The third kappa shape index (κ3) is 4.47. The average molecular weight is 341 g/mol. The number of rotatable bonds is 5. The van der Waals surface area contributed by atoms with Gasteiger partial charge in [-0.15, -0.1) is 0 Å². The Morgan fingerprint density at radius 1 is 1.12 bits per heavy atom. The lowest BCUT2D eigenvalue weighted by atomic mass is 10.1.